The summed E-state index contributed by atoms with van der Waals surface area (Å²) in [7, 11) is 0.0994. The van der Waals surface area contributed by atoms with Crippen molar-refractivity contribution < 1.29 is 4.57 Å². The smallest absolute Gasteiger partial charge is 0.192 e. The number of halogens is 2. The molecule has 3 aromatic rings. The number of benzene rings is 3. The molecule has 0 heterocycles. The summed E-state index contributed by atoms with van der Waals surface area (Å²) in [5.74, 6) is 0. The van der Waals surface area contributed by atoms with E-state index in [0.717, 1.165) is 16.4 Å². The first kappa shape index (κ1) is 16.7. The van der Waals surface area contributed by atoms with E-state index < -0.39 is 0 Å². The van der Waals surface area contributed by atoms with Gasteiger partial charge in [-0.15, -0.1) is 0 Å². The minimum absolute atomic E-state index is 0.0994. The van der Waals surface area contributed by atoms with Crippen LogP contribution in [-0.2, 0) is 4.57 Å². The predicted molar refractivity (Wildman–Crippen MR) is 95.6 cm³/mol. The zero-order valence-electron chi connectivity index (χ0n) is 11.6. The second-order valence-electron chi connectivity index (χ2n) is 4.39. The first-order chi connectivity index (χ1) is 10.7. The van der Waals surface area contributed by atoms with E-state index in [4.69, 9.17) is 23.2 Å². The molecule has 0 spiro atoms. The molecule has 3 aromatic carbocycles. The van der Waals surface area contributed by atoms with Crippen molar-refractivity contribution >= 4 is 37.0 Å². The minimum atomic E-state index is 0.0994. The maximum absolute atomic E-state index is 10.1. The fraction of sp³-hybridized carbons (Fsp3) is 0. The second-order valence-corrected chi connectivity index (χ2v) is 5.88. The van der Waals surface area contributed by atoms with E-state index in [1.165, 1.54) is 0 Å². The average Bonchev–Trinajstić information content (AvgIpc) is 2.59. The molecule has 0 saturated carbocycles. The van der Waals surface area contributed by atoms with Crippen molar-refractivity contribution in [2.45, 2.75) is 0 Å². The van der Waals surface area contributed by atoms with Gasteiger partial charge < -0.3 is 0 Å². The fourth-order valence-electron chi connectivity index (χ4n) is 1.83. The molecule has 0 radical (unpaired) electrons. The molecule has 0 amide bonds. The van der Waals surface area contributed by atoms with Gasteiger partial charge in [0.05, 0.1) is 10.0 Å². The quantitative estimate of drug-likeness (QED) is 0.500. The lowest BCUT2D eigenvalue weighted by molar-refractivity contribution is 0.603. The first-order valence-corrected chi connectivity index (χ1v) is 8.17. The van der Waals surface area contributed by atoms with Gasteiger partial charge in [-0.1, -0.05) is 83.9 Å². The van der Waals surface area contributed by atoms with Crippen LogP contribution in [0.1, 0.15) is 0 Å². The van der Waals surface area contributed by atoms with Crippen molar-refractivity contribution in [3.8, 4) is 11.1 Å². The Labute approximate surface area is 141 Å². The molecule has 1 nitrogen and oxygen atoms in total. The maximum Gasteiger partial charge on any atom is 0.192 e. The summed E-state index contributed by atoms with van der Waals surface area (Å²) in [4.78, 5) is 0. The average molecular weight is 347 g/mol. The monoisotopic (exact) mass is 346 g/mol. The van der Waals surface area contributed by atoms with Crippen LogP contribution in [0.3, 0.4) is 0 Å². The van der Waals surface area contributed by atoms with Crippen LogP contribution >= 0.6 is 31.7 Å². The topological polar surface area (TPSA) is 17.1 Å². The number of hydrogen-bond acceptors (Lipinski definition) is 1. The van der Waals surface area contributed by atoms with Crippen LogP contribution in [0.25, 0.3) is 11.1 Å². The Morgan fingerprint density at radius 1 is 0.682 bits per heavy atom. The molecule has 0 aromatic heterocycles. The molecular formula is C18H13Cl2OP. The van der Waals surface area contributed by atoms with E-state index in [1.54, 1.807) is 6.07 Å². The zero-order chi connectivity index (χ0) is 15.8. The van der Waals surface area contributed by atoms with Crippen molar-refractivity contribution in [3.63, 3.8) is 0 Å². The van der Waals surface area contributed by atoms with E-state index in [-0.39, 0.29) is 8.46 Å². The molecule has 3 rings (SSSR count). The van der Waals surface area contributed by atoms with Crippen molar-refractivity contribution in [2.24, 2.45) is 0 Å². The highest BCUT2D eigenvalue weighted by Crippen LogP contribution is 2.32. The molecule has 0 saturated heterocycles. The van der Waals surface area contributed by atoms with Crippen LogP contribution in [0.15, 0.2) is 78.9 Å². The highest BCUT2D eigenvalue weighted by Gasteiger charge is 2.05. The Morgan fingerprint density at radius 3 is 1.82 bits per heavy atom. The van der Waals surface area contributed by atoms with Crippen molar-refractivity contribution in [2.75, 3.05) is 0 Å². The van der Waals surface area contributed by atoms with Gasteiger partial charge in [0.15, 0.2) is 8.46 Å². The van der Waals surface area contributed by atoms with E-state index in [0.29, 0.717) is 10.0 Å². The van der Waals surface area contributed by atoms with Gasteiger partial charge >= 0.3 is 0 Å². The van der Waals surface area contributed by atoms with Gasteiger partial charge in [-0.05, 0) is 23.8 Å². The molecule has 0 N–H and O–H groups in total. The Morgan fingerprint density at radius 2 is 1.27 bits per heavy atom. The van der Waals surface area contributed by atoms with Crippen LogP contribution in [0, 0.1) is 0 Å². The lowest BCUT2D eigenvalue weighted by atomic mass is 10.1. The fourth-order valence-corrected chi connectivity index (χ4v) is 2.54. The predicted octanol–water partition coefficient (Wildman–Crippen LogP) is 6.26. The molecule has 0 atom stereocenters. The number of rotatable bonds is 2. The van der Waals surface area contributed by atoms with Crippen molar-refractivity contribution in [1.82, 2.24) is 0 Å². The SMILES string of the molecule is Clc1cccc(-c2ccccc2)c1Cl.O=Pc1ccccc1. The number of hydrogen-bond donors (Lipinski definition) is 0. The Kier molecular flexibility index (Phi) is 6.61. The van der Waals surface area contributed by atoms with Crippen LogP contribution in [0.2, 0.25) is 10.0 Å². The molecule has 110 valence electrons. The summed E-state index contributed by atoms with van der Waals surface area (Å²) in [6.07, 6.45) is 0. The normalized spacial score (nSPS) is 9.91. The van der Waals surface area contributed by atoms with Gasteiger partial charge in [0.1, 0.15) is 0 Å². The standard InChI is InChI=1S/C12H8Cl2.C6H5OP/c13-11-8-4-7-10(12(11)14)9-5-2-1-3-6-9;7-8-6-4-2-1-3-5-6/h1-8H;1-5H. The van der Waals surface area contributed by atoms with E-state index >= 15 is 0 Å². The van der Waals surface area contributed by atoms with Crippen molar-refractivity contribution in [3.05, 3.63) is 88.9 Å². The third-order valence-corrected chi connectivity index (χ3v) is 4.23. The van der Waals surface area contributed by atoms with E-state index in [9.17, 15) is 4.57 Å². The summed E-state index contributed by atoms with van der Waals surface area (Å²) >= 11 is 12.0. The van der Waals surface area contributed by atoms with E-state index in [1.807, 2.05) is 72.8 Å². The molecule has 0 unspecified atom stereocenters. The Balaban J connectivity index is 0.000000188. The maximum atomic E-state index is 10.1. The Hall–Kier alpha value is -1.66. The Bertz CT molecular complexity index is 731. The molecule has 0 aliphatic rings. The molecule has 4 heteroatoms. The molecule has 0 aliphatic heterocycles. The highest BCUT2D eigenvalue weighted by molar-refractivity contribution is 7.34. The van der Waals surface area contributed by atoms with Crippen LogP contribution in [0.4, 0.5) is 0 Å². The van der Waals surface area contributed by atoms with E-state index in [2.05, 4.69) is 0 Å². The van der Waals surface area contributed by atoms with Gasteiger partial charge in [0.25, 0.3) is 0 Å². The van der Waals surface area contributed by atoms with Crippen molar-refractivity contribution in [1.29, 1.82) is 0 Å². The van der Waals surface area contributed by atoms with Gasteiger partial charge in [0, 0.05) is 10.9 Å². The van der Waals surface area contributed by atoms with Gasteiger partial charge in [0.2, 0.25) is 0 Å². The molecular weight excluding hydrogens is 334 g/mol. The lowest BCUT2D eigenvalue weighted by Gasteiger charge is -2.04. The lowest BCUT2D eigenvalue weighted by Crippen LogP contribution is -1.84. The second kappa shape index (κ2) is 8.70. The molecule has 22 heavy (non-hydrogen) atoms. The van der Waals surface area contributed by atoms with Gasteiger partial charge in [-0.2, -0.15) is 0 Å². The third-order valence-electron chi connectivity index (χ3n) is 2.90. The van der Waals surface area contributed by atoms with Crippen LogP contribution in [0.5, 0.6) is 0 Å². The zero-order valence-corrected chi connectivity index (χ0v) is 14.0. The van der Waals surface area contributed by atoms with Crippen LogP contribution < -0.4 is 5.30 Å². The van der Waals surface area contributed by atoms with Gasteiger partial charge in [-0.25, -0.2) is 0 Å². The molecule has 0 fully saturated rings. The summed E-state index contributed by atoms with van der Waals surface area (Å²) < 4.78 is 10.1. The molecule has 0 bridgehead atoms. The summed E-state index contributed by atoms with van der Waals surface area (Å²) in [6, 6.07) is 24.9. The first-order valence-electron chi connectivity index (χ1n) is 6.60. The van der Waals surface area contributed by atoms with Crippen LogP contribution in [-0.4, -0.2) is 0 Å². The largest absolute Gasteiger partial charge is 0.269 e. The molecule has 0 aliphatic carbocycles. The van der Waals surface area contributed by atoms with Gasteiger partial charge in [-0.3, -0.25) is 4.57 Å². The summed E-state index contributed by atoms with van der Waals surface area (Å²) in [5, 5.41) is 2.03. The highest BCUT2D eigenvalue weighted by atomic mass is 35.5. The summed E-state index contributed by atoms with van der Waals surface area (Å²) in [6.45, 7) is 0. The summed E-state index contributed by atoms with van der Waals surface area (Å²) in [5.41, 5.74) is 2.06. The minimum Gasteiger partial charge on any atom is -0.269 e. The third kappa shape index (κ3) is 4.68.